The molecule has 4 heteroatoms. The van der Waals surface area contributed by atoms with Crippen LogP contribution >= 0.6 is 15.9 Å². The molecule has 1 atom stereocenters. The number of halogens is 1. The fraction of sp³-hybridized carbons (Fsp3) is 0.250. The molecule has 0 radical (unpaired) electrons. The van der Waals surface area contributed by atoms with Gasteiger partial charge in [0.05, 0.1) is 13.7 Å². The van der Waals surface area contributed by atoms with E-state index in [9.17, 15) is 5.11 Å². The topological polar surface area (TPSA) is 38.7 Å². The predicted molar refractivity (Wildman–Crippen MR) is 82.4 cm³/mol. The van der Waals surface area contributed by atoms with E-state index in [-0.39, 0.29) is 0 Å². The van der Waals surface area contributed by atoms with E-state index in [1.54, 1.807) is 7.11 Å². The van der Waals surface area contributed by atoms with Gasteiger partial charge >= 0.3 is 0 Å². The quantitative estimate of drug-likeness (QED) is 0.898. The number of hydrogen-bond donors (Lipinski definition) is 1. The first kappa shape index (κ1) is 14.9. The van der Waals surface area contributed by atoms with Crippen molar-refractivity contribution < 1.29 is 14.6 Å². The number of benzene rings is 2. The van der Waals surface area contributed by atoms with Gasteiger partial charge in [0.25, 0.3) is 0 Å². The van der Waals surface area contributed by atoms with Gasteiger partial charge in [-0.15, -0.1) is 0 Å². The second-order valence-corrected chi connectivity index (χ2v) is 5.21. The molecule has 0 aliphatic carbocycles. The Hall–Kier alpha value is -1.52. The monoisotopic (exact) mass is 336 g/mol. The highest BCUT2D eigenvalue weighted by molar-refractivity contribution is 9.10. The van der Waals surface area contributed by atoms with E-state index >= 15 is 0 Å². The standard InChI is InChI=1S/C16H17BrO3/c1-3-20-13-7-4-11(5-8-13)16(18)14-9-6-12(17)10-15(14)19-2/h4-10,16,18H,3H2,1-2H3. The molecule has 0 fully saturated rings. The summed E-state index contributed by atoms with van der Waals surface area (Å²) in [5, 5.41) is 10.5. The summed E-state index contributed by atoms with van der Waals surface area (Å²) < 4.78 is 11.6. The highest BCUT2D eigenvalue weighted by Gasteiger charge is 2.15. The molecule has 0 heterocycles. The Morgan fingerprint density at radius 2 is 1.85 bits per heavy atom. The Bertz CT molecular complexity index is 566. The van der Waals surface area contributed by atoms with E-state index < -0.39 is 6.10 Å². The third-order valence-corrected chi connectivity index (χ3v) is 3.49. The molecule has 3 nitrogen and oxygen atoms in total. The Kier molecular flexibility index (Phi) is 5.04. The van der Waals surface area contributed by atoms with Gasteiger partial charge in [0.2, 0.25) is 0 Å². The second-order valence-electron chi connectivity index (χ2n) is 4.29. The zero-order valence-electron chi connectivity index (χ0n) is 11.5. The van der Waals surface area contributed by atoms with Crippen LogP contribution in [0.4, 0.5) is 0 Å². The molecule has 2 aromatic rings. The molecule has 0 amide bonds. The molecule has 2 rings (SSSR count). The minimum atomic E-state index is -0.728. The van der Waals surface area contributed by atoms with Gasteiger partial charge in [0.1, 0.15) is 17.6 Å². The van der Waals surface area contributed by atoms with Crippen molar-refractivity contribution in [3.8, 4) is 11.5 Å². The zero-order valence-corrected chi connectivity index (χ0v) is 13.1. The van der Waals surface area contributed by atoms with Crippen LogP contribution in [0, 0.1) is 0 Å². The van der Waals surface area contributed by atoms with Crippen LogP contribution < -0.4 is 9.47 Å². The Morgan fingerprint density at radius 3 is 2.45 bits per heavy atom. The van der Waals surface area contributed by atoms with Crippen molar-refractivity contribution in [2.24, 2.45) is 0 Å². The lowest BCUT2D eigenvalue weighted by Gasteiger charge is -2.16. The molecule has 106 valence electrons. The highest BCUT2D eigenvalue weighted by atomic mass is 79.9. The average molecular weight is 337 g/mol. The van der Waals surface area contributed by atoms with Crippen molar-refractivity contribution in [3.05, 3.63) is 58.1 Å². The maximum absolute atomic E-state index is 10.5. The molecule has 0 aliphatic rings. The fourth-order valence-corrected chi connectivity index (χ4v) is 2.34. The van der Waals surface area contributed by atoms with Crippen LogP contribution in [-0.2, 0) is 0 Å². The molecule has 0 aliphatic heterocycles. The van der Waals surface area contributed by atoms with Gasteiger partial charge in [-0.1, -0.05) is 34.1 Å². The molecule has 0 bridgehead atoms. The van der Waals surface area contributed by atoms with Gasteiger partial charge in [0.15, 0.2) is 0 Å². The first-order chi connectivity index (χ1) is 9.65. The zero-order chi connectivity index (χ0) is 14.5. The van der Waals surface area contributed by atoms with Crippen LogP contribution in [0.2, 0.25) is 0 Å². The third-order valence-electron chi connectivity index (χ3n) is 3.00. The lowest BCUT2D eigenvalue weighted by Crippen LogP contribution is -2.02. The van der Waals surface area contributed by atoms with Crippen molar-refractivity contribution in [1.82, 2.24) is 0 Å². The Labute approximate surface area is 127 Å². The van der Waals surface area contributed by atoms with E-state index in [4.69, 9.17) is 9.47 Å². The summed E-state index contributed by atoms with van der Waals surface area (Å²) in [5.74, 6) is 1.45. The van der Waals surface area contributed by atoms with Crippen molar-refractivity contribution in [2.45, 2.75) is 13.0 Å². The van der Waals surface area contributed by atoms with E-state index in [2.05, 4.69) is 15.9 Å². The van der Waals surface area contributed by atoms with Crippen molar-refractivity contribution in [1.29, 1.82) is 0 Å². The highest BCUT2D eigenvalue weighted by Crippen LogP contribution is 2.32. The molecule has 0 saturated carbocycles. The minimum absolute atomic E-state index is 0.627. The molecule has 1 N–H and O–H groups in total. The van der Waals surface area contributed by atoms with Crippen molar-refractivity contribution in [3.63, 3.8) is 0 Å². The second kappa shape index (κ2) is 6.77. The summed E-state index contributed by atoms with van der Waals surface area (Å²) in [4.78, 5) is 0. The first-order valence-corrected chi connectivity index (χ1v) is 7.19. The molecule has 0 aromatic heterocycles. The normalized spacial score (nSPS) is 12.0. The summed E-state index contributed by atoms with van der Waals surface area (Å²) in [7, 11) is 1.59. The van der Waals surface area contributed by atoms with Gasteiger partial charge in [0, 0.05) is 10.0 Å². The minimum Gasteiger partial charge on any atom is -0.496 e. The Balaban J connectivity index is 2.28. The third kappa shape index (κ3) is 3.32. The summed E-state index contributed by atoms with van der Waals surface area (Å²) in [6.07, 6.45) is -0.728. The molecule has 2 aromatic carbocycles. The van der Waals surface area contributed by atoms with Crippen LogP contribution in [0.15, 0.2) is 46.9 Å². The number of ether oxygens (including phenoxy) is 2. The molecule has 0 spiro atoms. The van der Waals surface area contributed by atoms with Crippen LogP contribution in [0.5, 0.6) is 11.5 Å². The number of aliphatic hydroxyl groups is 1. The van der Waals surface area contributed by atoms with E-state index in [0.29, 0.717) is 12.4 Å². The van der Waals surface area contributed by atoms with Crippen LogP contribution in [0.1, 0.15) is 24.2 Å². The van der Waals surface area contributed by atoms with Crippen LogP contribution in [0.25, 0.3) is 0 Å². The molecular formula is C16H17BrO3. The summed E-state index contributed by atoms with van der Waals surface area (Å²) >= 11 is 3.39. The van der Waals surface area contributed by atoms with E-state index in [0.717, 1.165) is 21.3 Å². The fourth-order valence-electron chi connectivity index (χ4n) is 2.00. The van der Waals surface area contributed by atoms with Crippen LogP contribution in [0.3, 0.4) is 0 Å². The summed E-state index contributed by atoms with van der Waals surface area (Å²) in [6, 6.07) is 13.0. The average Bonchev–Trinajstić information content (AvgIpc) is 2.47. The number of rotatable bonds is 5. The van der Waals surface area contributed by atoms with Crippen molar-refractivity contribution >= 4 is 15.9 Å². The van der Waals surface area contributed by atoms with Crippen LogP contribution in [-0.4, -0.2) is 18.8 Å². The predicted octanol–water partition coefficient (Wildman–Crippen LogP) is 3.94. The van der Waals surface area contributed by atoms with Gasteiger partial charge in [-0.25, -0.2) is 0 Å². The SMILES string of the molecule is CCOc1ccc(C(O)c2ccc(Br)cc2OC)cc1. The lowest BCUT2D eigenvalue weighted by atomic mass is 10.0. The van der Waals surface area contributed by atoms with Gasteiger partial charge < -0.3 is 14.6 Å². The van der Waals surface area contributed by atoms with Gasteiger partial charge in [-0.05, 0) is 36.8 Å². The van der Waals surface area contributed by atoms with Gasteiger partial charge in [-0.3, -0.25) is 0 Å². The largest absolute Gasteiger partial charge is 0.496 e. The molecule has 20 heavy (non-hydrogen) atoms. The van der Waals surface area contributed by atoms with Gasteiger partial charge in [-0.2, -0.15) is 0 Å². The lowest BCUT2D eigenvalue weighted by molar-refractivity contribution is 0.214. The molecule has 0 saturated heterocycles. The molecular weight excluding hydrogens is 320 g/mol. The Morgan fingerprint density at radius 1 is 1.15 bits per heavy atom. The number of aliphatic hydroxyl groups excluding tert-OH is 1. The first-order valence-electron chi connectivity index (χ1n) is 6.40. The van der Waals surface area contributed by atoms with Crippen molar-refractivity contribution in [2.75, 3.05) is 13.7 Å². The smallest absolute Gasteiger partial charge is 0.126 e. The molecule has 1 unspecified atom stereocenters. The van der Waals surface area contributed by atoms with E-state index in [1.165, 1.54) is 0 Å². The number of hydrogen-bond acceptors (Lipinski definition) is 3. The number of methoxy groups -OCH3 is 1. The maximum Gasteiger partial charge on any atom is 0.126 e. The maximum atomic E-state index is 10.5. The van der Waals surface area contributed by atoms with E-state index in [1.807, 2.05) is 49.4 Å². The summed E-state index contributed by atoms with van der Waals surface area (Å²) in [5.41, 5.74) is 1.54. The summed E-state index contributed by atoms with van der Waals surface area (Å²) in [6.45, 7) is 2.57.